The van der Waals surface area contributed by atoms with Crippen molar-refractivity contribution in [3.8, 4) is 56.7 Å². The number of hydrogen-bond donors (Lipinski definition) is 0. The molecule has 0 radical (unpaired) electrons. The topological polar surface area (TPSA) is 51.5 Å². The molecule has 0 bridgehead atoms. The summed E-state index contributed by atoms with van der Waals surface area (Å²) in [5.41, 5.74) is 7.47. The van der Waals surface area contributed by atoms with Crippen LogP contribution in [0.4, 0.5) is 0 Å². The number of benzene rings is 5. The van der Waals surface area contributed by atoms with Crippen LogP contribution < -0.4 is 14.2 Å². The normalized spacial score (nSPS) is 10.8. The average Bonchev–Trinajstić information content (AvgIpc) is 3.00. The van der Waals surface area contributed by atoms with Crippen LogP contribution in [0.5, 0.6) is 17.2 Å². The van der Waals surface area contributed by atoms with Gasteiger partial charge in [0.25, 0.3) is 0 Å². The number of thioether (sulfide) groups is 1. The molecule has 39 heavy (non-hydrogen) atoms. The van der Waals surface area contributed by atoms with Crippen LogP contribution in [0.3, 0.4) is 0 Å². The second kappa shape index (κ2) is 11.1. The molecular formula is C34H29NO3S. The monoisotopic (exact) mass is 531 g/mol. The molecule has 0 unspecified atom stereocenters. The Bertz CT molecular complexity index is 1710. The Morgan fingerprint density at radius 2 is 1.41 bits per heavy atom. The Hall–Kier alpha value is -4.40. The molecule has 0 aliphatic rings. The first-order valence-corrected chi connectivity index (χ1v) is 13.8. The summed E-state index contributed by atoms with van der Waals surface area (Å²) in [7, 11) is 4.97. The van der Waals surface area contributed by atoms with Crippen LogP contribution in [0.15, 0.2) is 89.8 Å². The molecule has 0 N–H and O–H groups in total. The van der Waals surface area contributed by atoms with Gasteiger partial charge in [-0.25, -0.2) is 0 Å². The van der Waals surface area contributed by atoms with Crippen molar-refractivity contribution < 1.29 is 14.2 Å². The molecule has 0 heterocycles. The average molecular weight is 532 g/mol. The van der Waals surface area contributed by atoms with Gasteiger partial charge in [0, 0.05) is 16.5 Å². The van der Waals surface area contributed by atoms with E-state index >= 15 is 0 Å². The second-order valence-corrected chi connectivity index (χ2v) is 9.94. The quantitative estimate of drug-likeness (QED) is 0.197. The van der Waals surface area contributed by atoms with Gasteiger partial charge in [-0.15, -0.1) is 11.8 Å². The van der Waals surface area contributed by atoms with Crippen molar-refractivity contribution in [3.63, 3.8) is 0 Å². The van der Waals surface area contributed by atoms with Gasteiger partial charge < -0.3 is 14.2 Å². The molecular weight excluding hydrogens is 502 g/mol. The number of fused-ring (bicyclic) bond motifs is 1. The summed E-state index contributed by atoms with van der Waals surface area (Å²) in [5, 5.41) is 12.7. The van der Waals surface area contributed by atoms with Crippen LogP contribution in [0.2, 0.25) is 0 Å². The van der Waals surface area contributed by atoms with Gasteiger partial charge in [-0.3, -0.25) is 0 Å². The Kier molecular flexibility index (Phi) is 7.49. The lowest BCUT2D eigenvalue weighted by Gasteiger charge is -2.22. The standard InChI is InChI=1S/C34H29NO3S/c1-21-28(33-29(17-25(37-3)18-32(33)38-4)23-13-15-24(36-2)16-14-23)19-30(34(39-5)31(21)20-35)27-12-8-10-22-9-6-7-11-26(22)27/h6-19H,1-5H3. The van der Waals surface area contributed by atoms with E-state index < -0.39 is 0 Å². The minimum Gasteiger partial charge on any atom is -0.497 e. The summed E-state index contributed by atoms with van der Waals surface area (Å²) < 4.78 is 17.0. The number of methoxy groups -OCH3 is 3. The number of nitrogens with zero attached hydrogens (tertiary/aromatic N) is 1. The van der Waals surface area contributed by atoms with Crippen molar-refractivity contribution >= 4 is 22.5 Å². The summed E-state index contributed by atoms with van der Waals surface area (Å²) in [4.78, 5) is 0.966. The Labute approximate surface area is 233 Å². The molecule has 0 fully saturated rings. The summed E-state index contributed by atoms with van der Waals surface area (Å²) in [6.45, 7) is 2.02. The first-order valence-electron chi connectivity index (χ1n) is 12.5. The number of ether oxygens (including phenoxy) is 3. The van der Waals surface area contributed by atoms with E-state index in [0.717, 1.165) is 60.4 Å². The van der Waals surface area contributed by atoms with Gasteiger partial charge >= 0.3 is 0 Å². The minimum absolute atomic E-state index is 0.668. The lowest BCUT2D eigenvalue weighted by atomic mass is 9.86. The molecule has 0 aromatic heterocycles. The molecule has 0 amide bonds. The highest BCUT2D eigenvalue weighted by Crippen LogP contribution is 2.48. The molecule has 5 aromatic carbocycles. The summed E-state index contributed by atoms with van der Waals surface area (Å²) in [6, 6.07) is 31.3. The predicted molar refractivity (Wildman–Crippen MR) is 161 cm³/mol. The van der Waals surface area contributed by atoms with Gasteiger partial charge in [0.15, 0.2) is 0 Å². The Balaban J connectivity index is 1.89. The van der Waals surface area contributed by atoms with Gasteiger partial charge in [-0.1, -0.05) is 54.6 Å². The smallest absolute Gasteiger partial charge is 0.131 e. The number of nitriles is 1. The highest BCUT2D eigenvalue weighted by molar-refractivity contribution is 7.98. The summed E-state index contributed by atoms with van der Waals surface area (Å²) in [5.74, 6) is 2.14. The largest absolute Gasteiger partial charge is 0.497 e. The molecule has 0 spiro atoms. The lowest BCUT2D eigenvalue weighted by Crippen LogP contribution is -2.00. The molecule has 5 aromatic rings. The lowest BCUT2D eigenvalue weighted by molar-refractivity contribution is 0.395. The van der Waals surface area contributed by atoms with Crippen LogP contribution >= 0.6 is 11.8 Å². The number of hydrogen-bond acceptors (Lipinski definition) is 5. The maximum absolute atomic E-state index is 10.4. The third-order valence-corrected chi connectivity index (χ3v) is 7.97. The van der Waals surface area contributed by atoms with E-state index in [9.17, 15) is 5.26 Å². The van der Waals surface area contributed by atoms with Crippen LogP contribution in [-0.4, -0.2) is 27.6 Å². The molecule has 5 rings (SSSR count). The second-order valence-electron chi connectivity index (χ2n) is 9.12. The van der Waals surface area contributed by atoms with Crippen molar-refractivity contribution in [1.82, 2.24) is 0 Å². The van der Waals surface area contributed by atoms with E-state index in [2.05, 4.69) is 48.5 Å². The molecule has 194 valence electrons. The fourth-order valence-electron chi connectivity index (χ4n) is 5.17. The van der Waals surface area contributed by atoms with Crippen molar-refractivity contribution in [2.75, 3.05) is 27.6 Å². The van der Waals surface area contributed by atoms with E-state index in [1.807, 2.05) is 55.6 Å². The van der Waals surface area contributed by atoms with Crippen LogP contribution in [0.25, 0.3) is 44.2 Å². The maximum Gasteiger partial charge on any atom is 0.131 e. The third-order valence-electron chi connectivity index (χ3n) is 7.14. The molecule has 0 saturated carbocycles. The van der Waals surface area contributed by atoms with Crippen molar-refractivity contribution in [2.45, 2.75) is 11.8 Å². The molecule has 0 aliphatic carbocycles. The minimum atomic E-state index is 0.668. The maximum atomic E-state index is 10.4. The molecule has 0 aliphatic heterocycles. The van der Waals surface area contributed by atoms with E-state index in [0.29, 0.717) is 17.1 Å². The summed E-state index contributed by atoms with van der Waals surface area (Å²) in [6.07, 6.45) is 2.03. The van der Waals surface area contributed by atoms with Gasteiger partial charge in [-0.05, 0) is 81.6 Å². The SMILES string of the molecule is COc1ccc(-c2cc(OC)cc(OC)c2-c2cc(-c3cccc4ccccc34)c(SC)c(C#N)c2C)cc1. The summed E-state index contributed by atoms with van der Waals surface area (Å²) >= 11 is 1.60. The first kappa shape index (κ1) is 26.2. The molecule has 4 nitrogen and oxygen atoms in total. The zero-order valence-corrected chi connectivity index (χ0v) is 23.5. The first-order chi connectivity index (χ1) is 19.0. The molecule has 0 saturated heterocycles. The Morgan fingerprint density at radius 1 is 0.692 bits per heavy atom. The Morgan fingerprint density at radius 3 is 2.08 bits per heavy atom. The van der Waals surface area contributed by atoms with Crippen molar-refractivity contribution in [2.24, 2.45) is 0 Å². The molecule has 0 atom stereocenters. The van der Waals surface area contributed by atoms with Crippen LogP contribution in [0, 0.1) is 18.3 Å². The number of rotatable bonds is 7. The van der Waals surface area contributed by atoms with Gasteiger partial charge in [-0.2, -0.15) is 5.26 Å². The fraction of sp³-hybridized carbons (Fsp3) is 0.147. The van der Waals surface area contributed by atoms with E-state index in [4.69, 9.17) is 14.2 Å². The van der Waals surface area contributed by atoms with Crippen molar-refractivity contribution in [3.05, 3.63) is 96.1 Å². The van der Waals surface area contributed by atoms with E-state index in [-0.39, 0.29) is 0 Å². The van der Waals surface area contributed by atoms with E-state index in [1.165, 1.54) is 0 Å². The van der Waals surface area contributed by atoms with Crippen molar-refractivity contribution in [1.29, 1.82) is 5.26 Å². The fourth-order valence-corrected chi connectivity index (χ4v) is 5.96. The zero-order chi connectivity index (χ0) is 27.5. The molecule has 5 heteroatoms. The van der Waals surface area contributed by atoms with E-state index in [1.54, 1.807) is 33.1 Å². The van der Waals surface area contributed by atoms with Gasteiger partial charge in [0.2, 0.25) is 0 Å². The van der Waals surface area contributed by atoms with Gasteiger partial charge in [0.1, 0.15) is 23.3 Å². The van der Waals surface area contributed by atoms with Gasteiger partial charge in [0.05, 0.1) is 26.9 Å². The van der Waals surface area contributed by atoms with Crippen LogP contribution in [0.1, 0.15) is 11.1 Å². The highest BCUT2D eigenvalue weighted by Gasteiger charge is 2.23. The zero-order valence-electron chi connectivity index (χ0n) is 22.7. The third kappa shape index (κ3) is 4.69. The van der Waals surface area contributed by atoms with Crippen LogP contribution in [-0.2, 0) is 0 Å². The predicted octanol–water partition coefficient (Wildman–Crippen LogP) is 8.77. The highest BCUT2D eigenvalue weighted by atomic mass is 32.2.